The largest absolute Gasteiger partial charge is 0.305 e. The van der Waals surface area contributed by atoms with Crippen LogP contribution in [0.15, 0.2) is 46.7 Å². The normalized spacial score (nSPS) is 14.2. The molecular weight excluding hydrogens is 396 g/mol. The fourth-order valence-corrected chi connectivity index (χ4v) is 4.65. The minimum absolute atomic E-state index is 0.0418. The van der Waals surface area contributed by atoms with Crippen LogP contribution in [0.4, 0.5) is 5.82 Å². The van der Waals surface area contributed by atoms with E-state index in [1.807, 2.05) is 30.6 Å². The molecule has 0 saturated heterocycles. The topological polar surface area (TPSA) is 93.1 Å². The first-order valence-corrected chi connectivity index (χ1v) is 11.2. The molecule has 1 saturated carbocycles. The van der Waals surface area contributed by atoms with E-state index in [4.69, 9.17) is 0 Å². The van der Waals surface area contributed by atoms with Crippen LogP contribution in [0.1, 0.15) is 34.8 Å². The molecule has 0 spiro atoms. The molecule has 0 bridgehead atoms. The molecule has 2 heterocycles. The van der Waals surface area contributed by atoms with Crippen LogP contribution >= 0.6 is 11.3 Å². The monoisotopic (exact) mass is 416 g/mol. The predicted octanol–water partition coefficient (Wildman–Crippen LogP) is 3.19. The van der Waals surface area contributed by atoms with Crippen molar-refractivity contribution in [2.75, 3.05) is 12.4 Å². The molecule has 1 amide bonds. The van der Waals surface area contributed by atoms with Crippen LogP contribution in [0.5, 0.6) is 0 Å². The molecule has 3 aromatic rings. The van der Waals surface area contributed by atoms with Crippen molar-refractivity contribution in [3.63, 3.8) is 0 Å². The number of hydrogen-bond acceptors (Lipinski definition) is 5. The number of carbonyl (C=O) groups is 1. The molecule has 0 atom stereocenters. The number of amides is 1. The lowest BCUT2D eigenvalue weighted by Crippen LogP contribution is -2.20. The molecule has 1 aliphatic carbocycles. The summed E-state index contributed by atoms with van der Waals surface area (Å²) in [6.07, 6.45) is 2.28. The summed E-state index contributed by atoms with van der Waals surface area (Å²) in [6, 6.07) is 10.2. The van der Waals surface area contributed by atoms with E-state index in [0.29, 0.717) is 17.3 Å². The van der Waals surface area contributed by atoms with E-state index in [2.05, 4.69) is 15.1 Å². The smallest absolute Gasteiger partial charge is 0.257 e. The average molecular weight is 417 g/mol. The van der Waals surface area contributed by atoms with Gasteiger partial charge in [0, 0.05) is 40.7 Å². The summed E-state index contributed by atoms with van der Waals surface area (Å²) in [6.45, 7) is 0. The van der Waals surface area contributed by atoms with Gasteiger partial charge in [-0.25, -0.2) is 13.1 Å². The molecule has 0 aliphatic heterocycles. The molecule has 1 fully saturated rings. The molecule has 1 aliphatic rings. The number of benzene rings is 1. The summed E-state index contributed by atoms with van der Waals surface area (Å²) in [4.78, 5) is 14.0. The van der Waals surface area contributed by atoms with Gasteiger partial charge >= 0.3 is 0 Å². The molecule has 9 heteroatoms. The molecule has 0 radical (unpaired) electrons. The second-order valence-corrected chi connectivity index (χ2v) is 9.53. The van der Waals surface area contributed by atoms with E-state index in [9.17, 15) is 13.2 Å². The minimum Gasteiger partial charge on any atom is -0.305 e. The minimum atomic E-state index is -3.66. The SMILES string of the molecule is CNS(=O)(=O)c1ccc(-c2cccs2)c(C(=O)Nc2cc(C3CC3)n(C)n2)c1. The zero-order valence-corrected chi connectivity index (χ0v) is 17.1. The summed E-state index contributed by atoms with van der Waals surface area (Å²) in [5.41, 5.74) is 2.07. The van der Waals surface area contributed by atoms with E-state index in [1.54, 1.807) is 10.7 Å². The van der Waals surface area contributed by atoms with Gasteiger partial charge in [0.2, 0.25) is 10.0 Å². The van der Waals surface area contributed by atoms with Gasteiger partial charge in [0.1, 0.15) is 0 Å². The number of hydrogen-bond donors (Lipinski definition) is 2. The third kappa shape index (κ3) is 3.60. The van der Waals surface area contributed by atoms with Gasteiger partial charge in [-0.3, -0.25) is 9.48 Å². The standard InChI is InChI=1S/C19H20N4O3S2/c1-20-28(25,26)13-7-8-14(17-4-3-9-27-17)15(10-13)19(24)21-18-11-16(12-5-6-12)23(2)22-18/h3-4,7-12,20H,5-6H2,1-2H3,(H,21,22,24). The number of carbonyl (C=O) groups excluding carboxylic acids is 1. The zero-order valence-electron chi connectivity index (χ0n) is 15.5. The van der Waals surface area contributed by atoms with E-state index in [0.717, 1.165) is 23.4 Å². The number of rotatable bonds is 6. The van der Waals surface area contributed by atoms with Crippen molar-refractivity contribution in [2.45, 2.75) is 23.7 Å². The van der Waals surface area contributed by atoms with Crippen LogP contribution < -0.4 is 10.0 Å². The van der Waals surface area contributed by atoms with Gasteiger partial charge in [-0.05, 0) is 43.5 Å². The van der Waals surface area contributed by atoms with Crippen molar-refractivity contribution in [1.29, 1.82) is 0 Å². The van der Waals surface area contributed by atoms with Crippen molar-refractivity contribution in [3.8, 4) is 10.4 Å². The number of aryl methyl sites for hydroxylation is 1. The maximum absolute atomic E-state index is 13.0. The van der Waals surface area contributed by atoms with Gasteiger partial charge in [-0.1, -0.05) is 12.1 Å². The molecule has 4 rings (SSSR count). The first-order valence-electron chi connectivity index (χ1n) is 8.86. The summed E-state index contributed by atoms with van der Waals surface area (Å²) in [5.74, 6) is 0.583. The molecule has 28 heavy (non-hydrogen) atoms. The molecular formula is C19H20N4O3S2. The molecule has 1 aromatic carbocycles. The fourth-order valence-electron chi connectivity index (χ4n) is 3.13. The Labute approximate surface area is 167 Å². The average Bonchev–Trinajstić information content (AvgIpc) is 3.24. The Hall–Kier alpha value is -2.49. The van der Waals surface area contributed by atoms with Gasteiger partial charge in [-0.15, -0.1) is 11.3 Å². The van der Waals surface area contributed by atoms with Crippen molar-refractivity contribution in [3.05, 3.63) is 53.0 Å². The van der Waals surface area contributed by atoms with Gasteiger partial charge in [0.25, 0.3) is 5.91 Å². The van der Waals surface area contributed by atoms with Crippen LogP contribution in [-0.4, -0.2) is 31.2 Å². The number of nitrogens with one attached hydrogen (secondary N) is 2. The lowest BCUT2D eigenvalue weighted by atomic mass is 10.1. The van der Waals surface area contributed by atoms with Crippen molar-refractivity contribution in [1.82, 2.24) is 14.5 Å². The van der Waals surface area contributed by atoms with Crippen LogP contribution in [0, 0.1) is 0 Å². The molecule has 2 aromatic heterocycles. The summed E-state index contributed by atoms with van der Waals surface area (Å²) in [7, 11) is -0.460. The Kier molecular flexibility index (Phi) is 4.82. The zero-order chi connectivity index (χ0) is 19.9. The molecule has 7 nitrogen and oxygen atoms in total. The predicted molar refractivity (Wildman–Crippen MR) is 109 cm³/mol. The maximum Gasteiger partial charge on any atom is 0.257 e. The van der Waals surface area contributed by atoms with E-state index in [1.165, 1.54) is 30.5 Å². The Balaban J connectivity index is 1.72. The van der Waals surface area contributed by atoms with Gasteiger partial charge in [0.15, 0.2) is 5.82 Å². The molecule has 2 N–H and O–H groups in total. The highest BCUT2D eigenvalue weighted by atomic mass is 32.2. The summed E-state index contributed by atoms with van der Waals surface area (Å²) < 4.78 is 28.5. The third-order valence-corrected chi connectivity index (χ3v) is 7.07. The Bertz CT molecular complexity index is 1130. The Morgan fingerprint density at radius 3 is 2.68 bits per heavy atom. The first-order chi connectivity index (χ1) is 13.4. The highest BCUT2D eigenvalue weighted by Gasteiger charge is 2.28. The van der Waals surface area contributed by atoms with Gasteiger partial charge in [-0.2, -0.15) is 5.10 Å². The number of thiophene rings is 1. The quantitative estimate of drug-likeness (QED) is 0.645. The number of nitrogens with zero attached hydrogens (tertiary/aromatic N) is 2. The van der Waals surface area contributed by atoms with E-state index >= 15 is 0 Å². The van der Waals surface area contributed by atoms with Gasteiger partial charge < -0.3 is 5.32 Å². The third-order valence-electron chi connectivity index (χ3n) is 4.75. The first kappa shape index (κ1) is 18.9. The number of sulfonamides is 1. The van der Waals surface area contributed by atoms with Crippen LogP contribution in [0.2, 0.25) is 0 Å². The van der Waals surface area contributed by atoms with E-state index in [-0.39, 0.29) is 10.5 Å². The van der Waals surface area contributed by atoms with Crippen molar-refractivity contribution >= 4 is 33.1 Å². The second kappa shape index (κ2) is 7.16. The Morgan fingerprint density at radius 1 is 1.25 bits per heavy atom. The summed E-state index contributed by atoms with van der Waals surface area (Å²) >= 11 is 1.49. The second-order valence-electron chi connectivity index (χ2n) is 6.70. The lowest BCUT2D eigenvalue weighted by Gasteiger charge is -2.11. The molecule has 0 unspecified atom stereocenters. The number of aromatic nitrogens is 2. The van der Waals surface area contributed by atoms with Crippen molar-refractivity contribution < 1.29 is 13.2 Å². The lowest BCUT2D eigenvalue weighted by molar-refractivity contribution is 0.102. The highest BCUT2D eigenvalue weighted by molar-refractivity contribution is 7.89. The van der Waals surface area contributed by atoms with Gasteiger partial charge in [0.05, 0.1) is 4.90 Å². The maximum atomic E-state index is 13.0. The van der Waals surface area contributed by atoms with Crippen LogP contribution in [-0.2, 0) is 17.1 Å². The van der Waals surface area contributed by atoms with Crippen LogP contribution in [0.25, 0.3) is 10.4 Å². The highest BCUT2D eigenvalue weighted by Crippen LogP contribution is 2.40. The molecule has 146 valence electrons. The van der Waals surface area contributed by atoms with Crippen molar-refractivity contribution in [2.24, 2.45) is 7.05 Å². The van der Waals surface area contributed by atoms with Crippen LogP contribution in [0.3, 0.4) is 0 Å². The number of anilines is 1. The summed E-state index contributed by atoms with van der Waals surface area (Å²) in [5, 5.41) is 9.11. The Morgan fingerprint density at radius 2 is 2.04 bits per heavy atom. The fraction of sp³-hybridized carbons (Fsp3) is 0.263. The van der Waals surface area contributed by atoms with E-state index < -0.39 is 15.9 Å².